The first kappa shape index (κ1) is 16.1. The molecule has 0 atom stereocenters. The van der Waals surface area contributed by atoms with E-state index >= 15 is 0 Å². The zero-order chi connectivity index (χ0) is 15.5. The van der Waals surface area contributed by atoms with Crippen LogP contribution in [-0.4, -0.2) is 13.4 Å². The summed E-state index contributed by atoms with van der Waals surface area (Å²) in [7, 11) is -3.73. The van der Waals surface area contributed by atoms with Crippen molar-refractivity contribution in [1.29, 1.82) is 0 Å². The Hall–Kier alpha value is -1.31. The number of aryl methyl sites for hydroxylation is 1. The van der Waals surface area contributed by atoms with Gasteiger partial charge in [0.2, 0.25) is 10.0 Å². The lowest BCUT2D eigenvalue weighted by molar-refractivity contribution is 0.578. The standard InChI is InChI=1S/C14H14BrFN2O2S/c1-2-10-4-3-7-17-13(10)9-18-21(19,20)14-6-5-11(16)8-12(14)15/h3-8,18H,2,9H2,1H3. The third kappa shape index (κ3) is 3.87. The second kappa shape index (κ2) is 6.64. The highest BCUT2D eigenvalue weighted by Crippen LogP contribution is 2.22. The highest BCUT2D eigenvalue weighted by molar-refractivity contribution is 9.10. The molecule has 4 nitrogen and oxygen atoms in total. The van der Waals surface area contributed by atoms with Crippen molar-refractivity contribution in [2.45, 2.75) is 24.8 Å². The summed E-state index contributed by atoms with van der Waals surface area (Å²) < 4.78 is 40.2. The van der Waals surface area contributed by atoms with Gasteiger partial charge in [0.05, 0.1) is 17.1 Å². The lowest BCUT2D eigenvalue weighted by atomic mass is 10.1. The van der Waals surface area contributed by atoms with E-state index in [1.165, 1.54) is 6.07 Å². The summed E-state index contributed by atoms with van der Waals surface area (Å²) in [6.45, 7) is 2.07. The maximum absolute atomic E-state index is 13.0. The van der Waals surface area contributed by atoms with Crippen molar-refractivity contribution in [1.82, 2.24) is 9.71 Å². The van der Waals surface area contributed by atoms with Gasteiger partial charge in [0.15, 0.2) is 0 Å². The molecule has 1 aromatic carbocycles. The number of halogens is 2. The number of rotatable bonds is 5. The van der Waals surface area contributed by atoms with E-state index in [1.54, 1.807) is 6.20 Å². The van der Waals surface area contributed by atoms with E-state index in [2.05, 4.69) is 25.6 Å². The Morgan fingerprint density at radius 2 is 2.10 bits per heavy atom. The van der Waals surface area contributed by atoms with Crippen molar-refractivity contribution in [2.24, 2.45) is 0 Å². The smallest absolute Gasteiger partial charge is 0.242 e. The van der Waals surface area contributed by atoms with Gasteiger partial charge in [0, 0.05) is 10.7 Å². The topological polar surface area (TPSA) is 59.1 Å². The van der Waals surface area contributed by atoms with Crippen molar-refractivity contribution in [3.8, 4) is 0 Å². The van der Waals surface area contributed by atoms with Crippen LogP contribution in [0.4, 0.5) is 4.39 Å². The van der Waals surface area contributed by atoms with Gasteiger partial charge in [-0.2, -0.15) is 0 Å². The molecule has 2 aromatic rings. The molecule has 1 aromatic heterocycles. The molecule has 0 spiro atoms. The van der Waals surface area contributed by atoms with Crippen molar-refractivity contribution in [2.75, 3.05) is 0 Å². The van der Waals surface area contributed by atoms with Crippen LogP contribution in [0.5, 0.6) is 0 Å². The summed E-state index contributed by atoms with van der Waals surface area (Å²) in [4.78, 5) is 4.18. The summed E-state index contributed by atoms with van der Waals surface area (Å²) in [6, 6.07) is 7.17. The monoisotopic (exact) mass is 372 g/mol. The molecular weight excluding hydrogens is 359 g/mol. The molecule has 0 aliphatic carbocycles. The average molecular weight is 373 g/mol. The maximum Gasteiger partial charge on any atom is 0.242 e. The third-order valence-electron chi connectivity index (χ3n) is 2.98. The van der Waals surface area contributed by atoms with Crippen molar-refractivity contribution in [3.63, 3.8) is 0 Å². The molecule has 0 bridgehead atoms. The quantitative estimate of drug-likeness (QED) is 0.877. The highest BCUT2D eigenvalue weighted by atomic mass is 79.9. The fraction of sp³-hybridized carbons (Fsp3) is 0.214. The normalized spacial score (nSPS) is 11.6. The van der Waals surface area contributed by atoms with Crippen LogP contribution in [0.25, 0.3) is 0 Å². The van der Waals surface area contributed by atoms with E-state index in [9.17, 15) is 12.8 Å². The van der Waals surface area contributed by atoms with Crippen LogP contribution >= 0.6 is 15.9 Å². The number of aromatic nitrogens is 1. The van der Waals surface area contributed by atoms with Gasteiger partial charge < -0.3 is 0 Å². The molecule has 0 saturated heterocycles. The maximum atomic E-state index is 13.0. The van der Waals surface area contributed by atoms with Gasteiger partial charge in [0.1, 0.15) is 5.82 Å². The second-order valence-corrected chi connectivity index (χ2v) is 6.95. The molecule has 0 saturated carbocycles. The summed E-state index contributed by atoms with van der Waals surface area (Å²) >= 11 is 3.06. The number of hydrogen-bond donors (Lipinski definition) is 1. The minimum atomic E-state index is -3.73. The average Bonchev–Trinajstić information content (AvgIpc) is 2.45. The Kier molecular flexibility index (Phi) is 5.08. The van der Waals surface area contributed by atoms with Gasteiger partial charge in [-0.25, -0.2) is 17.5 Å². The number of nitrogens with one attached hydrogen (secondary N) is 1. The van der Waals surface area contributed by atoms with Crippen LogP contribution in [0.1, 0.15) is 18.2 Å². The van der Waals surface area contributed by atoms with Gasteiger partial charge >= 0.3 is 0 Å². The molecule has 0 amide bonds. The Labute approximate surface area is 131 Å². The van der Waals surface area contributed by atoms with Crippen molar-refractivity contribution < 1.29 is 12.8 Å². The lowest BCUT2D eigenvalue weighted by Gasteiger charge is -2.10. The molecule has 2 rings (SSSR count). The number of pyridine rings is 1. The van der Waals surface area contributed by atoms with Crippen LogP contribution in [0.15, 0.2) is 45.9 Å². The molecule has 1 N–H and O–H groups in total. The third-order valence-corrected chi connectivity index (χ3v) is 5.36. The van der Waals surface area contributed by atoms with Crippen LogP contribution < -0.4 is 4.72 Å². The Balaban J connectivity index is 2.22. The van der Waals surface area contributed by atoms with E-state index in [0.29, 0.717) is 5.69 Å². The Morgan fingerprint density at radius 1 is 1.33 bits per heavy atom. The molecule has 7 heteroatoms. The molecule has 0 radical (unpaired) electrons. The number of sulfonamides is 1. The molecule has 21 heavy (non-hydrogen) atoms. The van der Waals surface area contributed by atoms with Crippen LogP contribution in [0.3, 0.4) is 0 Å². The highest BCUT2D eigenvalue weighted by Gasteiger charge is 2.18. The van der Waals surface area contributed by atoms with Gasteiger partial charge in [-0.05, 0) is 52.2 Å². The van der Waals surface area contributed by atoms with Crippen LogP contribution in [-0.2, 0) is 23.0 Å². The predicted molar refractivity (Wildman–Crippen MR) is 81.7 cm³/mol. The van der Waals surface area contributed by atoms with Crippen LogP contribution in [0.2, 0.25) is 0 Å². The van der Waals surface area contributed by atoms with E-state index in [1.807, 2.05) is 19.1 Å². The molecular formula is C14H14BrFN2O2S. The predicted octanol–water partition coefficient (Wildman–Crippen LogP) is 3.02. The SMILES string of the molecule is CCc1cccnc1CNS(=O)(=O)c1ccc(F)cc1Br. The van der Waals surface area contributed by atoms with E-state index in [-0.39, 0.29) is 15.9 Å². The Morgan fingerprint density at radius 3 is 2.76 bits per heavy atom. The molecule has 0 aliphatic heterocycles. The zero-order valence-electron chi connectivity index (χ0n) is 11.3. The summed E-state index contributed by atoms with van der Waals surface area (Å²) in [5.74, 6) is -0.501. The summed E-state index contributed by atoms with van der Waals surface area (Å²) in [5, 5.41) is 0. The second-order valence-electron chi connectivity index (χ2n) is 4.36. The van der Waals surface area contributed by atoms with Gasteiger partial charge in [-0.1, -0.05) is 13.0 Å². The fourth-order valence-electron chi connectivity index (χ4n) is 1.89. The first-order valence-electron chi connectivity index (χ1n) is 6.31. The fourth-order valence-corrected chi connectivity index (χ4v) is 3.92. The van der Waals surface area contributed by atoms with E-state index < -0.39 is 15.8 Å². The largest absolute Gasteiger partial charge is 0.260 e. The lowest BCUT2D eigenvalue weighted by Crippen LogP contribution is -2.24. The zero-order valence-corrected chi connectivity index (χ0v) is 13.7. The number of benzene rings is 1. The van der Waals surface area contributed by atoms with E-state index in [0.717, 1.165) is 24.1 Å². The van der Waals surface area contributed by atoms with Crippen LogP contribution in [0, 0.1) is 5.82 Å². The molecule has 0 unspecified atom stereocenters. The molecule has 0 fully saturated rings. The number of hydrogen-bond acceptors (Lipinski definition) is 3. The van der Waals surface area contributed by atoms with Crippen molar-refractivity contribution in [3.05, 3.63) is 58.1 Å². The summed E-state index contributed by atoms with van der Waals surface area (Å²) in [5.41, 5.74) is 1.67. The number of nitrogens with zero attached hydrogens (tertiary/aromatic N) is 1. The minimum absolute atomic E-state index is 0.00196. The van der Waals surface area contributed by atoms with Crippen molar-refractivity contribution >= 4 is 26.0 Å². The summed E-state index contributed by atoms with van der Waals surface area (Å²) in [6.07, 6.45) is 2.39. The minimum Gasteiger partial charge on any atom is -0.260 e. The van der Waals surface area contributed by atoms with Gasteiger partial charge in [0.25, 0.3) is 0 Å². The molecule has 112 valence electrons. The Bertz CT molecular complexity index is 750. The molecule has 0 aliphatic rings. The first-order valence-corrected chi connectivity index (χ1v) is 8.59. The van der Waals surface area contributed by atoms with Gasteiger partial charge in [-0.3, -0.25) is 4.98 Å². The first-order chi connectivity index (χ1) is 9.94. The van der Waals surface area contributed by atoms with Gasteiger partial charge in [-0.15, -0.1) is 0 Å². The van der Waals surface area contributed by atoms with E-state index in [4.69, 9.17) is 0 Å². The molecule has 1 heterocycles.